The Kier molecular flexibility index (Phi) is 18.6. The van der Waals surface area contributed by atoms with Crippen LogP contribution in [0, 0.1) is 0 Å². The summed E-state index contributed by atoms with van der Waals surface area (Å²) in [7, 11) is 0. The molecule has 1 unspecified atom stereocenters. The number of carbonyl (C=O) groups is 1. The van der Waals surface area contributed by atoms with E-state index < -0.39 is 0 Å². The molecule has 1 rings (SSSR count). The lowest BCUT2D eigenvalue weighted by Crippen LogP contribution is -2.11. The molecule has 1 atom stereocenters. The molecule has 0 fully saturated rings. The standard InChI is InChI=1S/C31H52O5/c1-6-10-13-16-21-33-27-24-29(34-22-17-14-11-7-2)28(19-20-31(32)36-26(5)9-4)30(25-27)35-23-18-15-12-8-3/h19-20,24-26H,6-18,21-23H2,1-5H3. The van der Waals surface area contributed by atoms with Gasteiger partial charge in [-0.3, -0.25) is 0 Å². The molecule has 0 spiro atoms. The van der Waals surface area contributed by atoms with Crippen molar-refractivity contribution in [1.82, 2.24) is 0 Å². The molecule has 0 N–H and O–H groups in total. The molecule has 0 aromatic heterocycles. The van der Waals surface area contributed by atoms with Crippen molar-refractivity contribution in [1.29, 1.82) is 0 Å². The fourth-order valence-corrected chi connectivity index (χ4v) is 3.68. The van der Waals surface area contributed by atoms with Crippen molar-refractivity contribution < 1.29 is 23.7 Å². The molecular formula is C31H52O5. The maximum Gasteiger partial charge on any atom is 0.331 e. The Morgan fingerprint density at radius 1 is 0.722 bits per heavy atom. The molecule has 5 heteroatoms. The third kappa shape index (κ3) is 14.4. The van der Waals surface area contributed by atoms with Crippen LogP contribution < -0.4 is 14.2 Å². The Hall–Kier alpha value is -2.17. The lowest BCUT2D eigenvalue weighted by Gasteiger charge is -2.17. The van der Waals surface area contributed by atoms with Gasteiger partial charge >= 0.3 is 5.97 Å². The molecule has 0 amide bonds. The van der Waals surface area contributed by atoms with Gasteiger partial charge in [0.25, 0.3) is 0 Å². The second kappa shape index (κ2) is 21.0. The van der Waals surface area contributed by atoms with Gasteiger partial charge in [-0.2, -0.15) is 0 Å². The van der Waals surface area contributed by atoms with Crippen LogP contribution in [0.1, 0.15) is 124 Å². The number of esters is 1. The number of hydrogen-bond donors (Lipinski definition) is 0. The number of ether oxygens (including phenoxy) is 4. The van der Waals surface area contributed by atoms with E-state index in [0.29, 0.717) is 31.3 Å². The maximum atomic E-state index is 12.4. The zero-order chi connectivity index (χ0) is 26.4. The van der Waals surface area contributed by atoms with Crippen LogP contribution in [0.4, 0.5) is 0 Å². The molecule has 0 saturated carbocycles. The van der Waals surface area contributed by atoms with Gasteiger partial charge in [-0.1, -0.05) is 85.5 Å². The van der Waals surface area contributed by atoms with Gasteiger partial charge in [0.05, 0.1) is 31.5 Å². The van der Waals surface area contributed by atoms with E-state index in [1.54, 1.807) is 6.08 Å². The van der Waals surface area contributed by atoms with Crippen LogP contribution in [0.25, 0.3) is 6.08 Å². The molecule has 0 aliphatic heterocycles. The summed E-state index contributed by atoms with van der Waals surface area (Å²) in [5, 5.41) is 0. The van der Waals surface area contributed by atoms with Crippen LogP contribution in [0.2, 0.25) is 0 Å². The highest BCUT2D eigenvalue weighted by Gasteiger charge is 2.14. The van der Waals surface area contributed by atoms with E-state index in [0.717, 1.165) is 56.3 Å². The first kappa shape index (κ1) is 31.9. The minimum Gasteiger partial charge on any atom is -0.493 e. The molecule has 1 aromatic rings. The van der Waals surface area contributed by atoms with Crippen molar-refractivity contribution in [2.45, 2.75) is 124 Å². The van der Waals surface area contributed by atoms with Crippen LogP contribution in [-0.2, 0) is 9.53 Å². The van der Waals surface area contributed by atoms with E-state index in [9.17, 15) is 4.79 Å². The smallest absolute Gasteiger partial charge is 0.331 e. The molecule has 1 aromatic carbocycles. The maximum absolute atomic E-state index is 12.4. The third-order valence-corrected chi connectivity index (χ3v) is 6.13. The van der Waals surface area contributed by atoms with E-state index >= 15 is 0 Å². The second-order valence-electron chi connectivity index (χ2n) is 9.55. The van der Waals surface area contributed by atoms with Crippen LogP contribution in [-0.4, -0.2) is 31.9 Å². The summed E-state index contributed by atoms with van der Waals surface area (Å²) >= 11 is 0. The molecule has 36 heavy (non-hydrogen) atoms. The Morgan fingerprint density at radius 2 is 1.19 bits per heavy atom. The minimum atomic E-state index is -0.358. The van der Waals surface area contributed by atoms with Crippen LogP contribution in [0.15, 0.2) is 18.2 Å². The fraction of sp³-hybridized carbons (Fsp3) is 0.710. The number of rotatable bonds is 22. The number of carbonyl (C=O) groups excluding carboxylic acids is 1. The lowest BCUT2D eigenvalue weighted by atomic mass is 10.1. The lowest BCUT2D eigenvalue weighted by molar-refractivity contribution is -0.142. The quantitative estimate of drug-likeness (QED) is 0.0896. The summed E-state index contributed by atoms with van der Waals surface area (Å²) in [6.45, 7) is 12.4. The molecular weight excluding hydrogens is 452 g/mol. The Labute approximate surface area is 220 Å². The topological polar surface area (TPSA) is 54.0 Å². The average molecular weight is 505 g/mol. The summed E-state index contributed by atoms with van der Waals surface area (Å²) in [6, 6.07) is 3.87. The van der Waals surface area contributed by atoms with Crippen molar-refractivity contribution in [3.63, 3.8) is 0 Å². The summed E-state index contributed by atoms with van der Waals surface area (Å²) < 4.78 is 24.0. The minimum absolute atomic E-state index is 0.116. The molecule has 0 aliphatic carbocycles. The van der Waals surface area contributed by atoms with E-state index in [1.807, 2.05) is 26.0 Å². The molecule has 206 valence electrons. The highest BCUT2D eigenvalue weighted by molar-refractivity contribution is 5.88. The van der Waals surface area contributed by atoms with E-state index in [2.05, 4.69) is 20.8 Å². The van der Waals surface area contributed by atoms with E-state index in [-0.39, 0.29) is 12.1 Å². The van der Waals surface area contributed by atoms with Crippen molar-refractivity contribution in [3.8, 4) is 17.2 Å². The highest BCUT2D eigenvalue weighted by Crippen LogP contribution is 2.36. The van der Waals surface area contributed by atoms with Crippen LogP contribution >= 0.6 is 0 Å². The van der Waals surface area contributed by atoms with Crippen LogP contribution in [0.3, 0.4) is 0 Å². The van der Waals surface area contributed by atoms with Gasteiger partial charge in [0.1, 0.15) is 17.2 Å². The molecule has 0 aliphatic rings. The van der Waals surface area contributed by atoms with Gasteiger partial charge in [-0.05, 0) is 38.7 Å². The molecule has 0 saturated heterocycles. The predicted molar refractivity (Wildman–Crippen MR) is 150 cm³/mol. The Bertz CT molecular complexity index is 693. The predicted octanol–water partition coefficient (Wildman–Crippen LogP) is 8.92. The number of unbranched alkanes of at least 4 members (excludes halogenated alkanes) is 9. The number of benzene rings is 1. The second-order valence-corrected chi connectivity index (χ2v) is 9.55. The van der Waals surface area contributed by atoms with Gasteiger partial charge in [0.2, 0.25) is 0 Å². The van der Waals surface area contributed by atoms with Gasteiger partial charge in [0.15, 0.2) is 0 Å². The molecule has 5 nitrogen and oxygen atoms in total. The molecule has 0 heterocycles. The monoisotopic (exact) mass is 504 g/mol. The van der Waals surface area contributed by atoms with Crippen molar-refractivity contribution in [2.75, 3.05) is 19.8 Å². The van der Waals surface area contributed by atoms with E-state index in [4.69, 9.17) is 18.9 Å². The van der Waals surface area contributed by atoms with E-state index in [1.165, 1.54) is 44.6 Å². The average Bonchev–Trinajstić information content (AvgIpc) is 2.87. The molecule has 0 bridgehead atoms. The first-order valence-corrected chi connectivity index (χ1v) is 14.5. The third-order valence-electron chi connectivity index (χ3n) is 6.13. The Balaban J connectivity index is 3.12. The summed E-state index contributed by atoms with van der Waals surface area (Å²) in [5.41, 5.74) is 0.764. The largest absolute Gasteiger partial charge is 0.493 e. The summed E-state index contributed by atoms with van der Waals surface area (Å²) in [6.07, 6.45) is 17.5. The number of hydrogen-bond acceptors (Lipinski definition) is 5. The zero-order valence-corrected chi connectivity index (χ0v) is 23.7. The summed E-state index contributed by atoms with van der Waals surface area (Å²) in [5.74, 6) is 1.77. The van der Waals surface area contributed by atoms with Gasteiger partial charge < -0.3 is 18.9 Å². The Morgan fingerprint density at radius 3 is 1.64 bits per heavy atom. The van der Waals surface area contributed by atoms with Crippen molar-refractivity contribution in [2.24, 2.45) is 0 Å². The van der Waals surface area contributed by atoms with Gasteiger partial charge in [0, 0.05) is 18.2 Å². The first-order chi connectivity index (χ1) is 17.5. The van der Waals surface area contributed by atoms with Gasteiger partial charge in [-0.15, -0.1) is 0 Å². The highest BCUT2D eigenvalue weighted by atomic mass is 16.5. The summed E-state index contributed by atoms with van der Waals surface area (Å²) in [4.78, 5) is 12.4. The van der Waals surface area contributed by atoms with Gasteiger partial charge in [-0.25, -0.2) is 4.79 Å². The SMILES string of the molecule is CCCCCCOc1cc(OCCCCCC)c(C=CC(=O)OC(C)CC)c(OCCCCCC)c1. The first-order valence-electron chi connectivity index (χ1n) is 14.5. The van der Waals surface area contributed by atoms with Crippen molar-refractivity contribution >= 4 is 12.0 Å². The normalized spacial score (nSPS) is 12.0. The van der Waals surface area contributed by atoms with Crippen LogP contribution in [0.5, 0.6) is 17.2 Å². The zero-order valence-electron chi connectivity index (χ0n) is 23.7. The fourth-order valence-electron chi connectivity index (χ4n) is 3.68. The molecule has 0 radical (unpaired) electrons. The van der Waals surface area contributed by atoms with Crippen molar-refractivity contribution in [3.05, 3.63) is 23.8 Å².